The lowest BCUT2D eigenvalue weighted by atomic mass is 10.2. The molecule has 0 saturated carbocycles. The minimum Gasteiger partial charge on any atom is -0.454 e. The topological polar surface area (TPSA) is 103 Å². The average molecular weight is 420 g/mol. The summed E-state index contributed by atoms with van der Waals surface area (Å²) in [6.45, 7) is 1.66. The largest absolute Gasteiger partial charge is 0.454 e. The Hall–Kier alpha value is -3.14. The fourth-order valence-electron chi connectivity index (χ4n) is 2.98. The summed E-state index contributed by atoms with van der Waals surface area (Å²) in [7, 11) is -3.68. The van der Waals surface area contributed by atoms with Gasteiger partial charge < -0.3 is 24.3 Å². The Morgan fingerprint density at radius 2 is 1.59 bits per heavy atom. The van der Waals surface area contributed by atoms with Crippen molar-refractivity contribution in [3.05, 3.63) is 42.0 Å². The molecule has 10 heteroatoms. The van der Waals surface area contributed by atoms with Gasteiger partial charge in [0.1, 0.15) is 6.54 Å². The van der Waals surface area contributed by atoms with E-state index in [2.05, 4.69) is 5.32 Å². The third-order valence-electron chi connectivity index (χ3n) is 4.56. The molecule has 29 heavy (non-hydrogen) atoms. The summed E-state index contributed by atoms with van der Waals surface area (Å²) in [6, 6.07) is 10.1. The quantitative estimate of drug-likeness (QED) is 0.726. The van der Waals surface area contributed by atoms with E-state index in [1.807, 2.05) is 6.07 Å². The summed E-state index contributed by atoms with van der Waals surface area (Å²) in [5.74, 6) is 1.68. The van der Waals surface area contributed by atoms with Crippen LogP contribution in [0.4, 0.5) is 5.69 Å². The third kappa shape index (κ3) is 4.02. The van der Waals surface area contributed by atoms with E-state index >= 15 is 0 Å². The van der Waals surface area contributed by atoms with Crippen LogP contribution in [0.3, 0.4) is 0 Å². The van der Waals surface area contributed by atoms with Crippen LogP contribution in [0.25, 0.3) is 0 Å². The predicted molar refractivity (Wildman–Crippen MR) is 104 cm³/mol. The number of benzene rings is 2. The van der Waals surface area contributed by atoms with E-state index in [4.69, 9.17) is 18.9 Å². The number of ether oxygens (including phenoxy) is 4. The Kier molecular flexibility index (Phi) is 5.10. The fourth-order valence-corrected chi connectivity index (χ4v) is 4.04. The summed E-state index contributed by atoms with van der Waals surface area (Å²) in [5, 5.41) is 2.74. The smallest absolute Gasteiger partial charge is 0.241 e. The van der Waals surface area contributed by atoms with Crippen LogP contribution in [0.1, 0.15) is 12.5 Å². The van der Waals surface area contributed by atoms with E-state index in [0.29, 0.717) is 28.7 Å². The van der Waals surface area contributed by atoms with E-state index in [0.717, 1.165) is 9.87 Å². The molecular formula is C19H20N2O7S. The number of hydrogen-bond acceptors (Lipinski definition) is 7. The number of carbonyl (C=O) groups excluding carboxylic acids is 1. The van der Waals surface area contributed by atoms with Gasteiger partial charge in [-0.2, -0.15) is 0 Å². The lowest BCUT2D eigenvalue weighted by molar-refractivity contribution is -0.119. The molecule has 0 bridgehead atoms. The second kappa shape index (κ2) is 7.70. The van der Waals surface area contributed by atoms with Crippen molar-refractivity contribution in [2.45, 2.75) is 13.5 Å². The van der Waals surface area contributed by atoms with Crippen molar-refractivity contribution in [3.63, 3.8) is 0 Å². The van der Waals surface area contributed by atoms with Crippen LogP contribution in [0.15, 0.2) is 36.4 Å². The zero-order valence-corrected chi connectivity index (χ0v) is 16.5. The molecule has 0 unspecified atom stereocenters. The number of carbonyl (C=O) groups is 1. The highest BCUT2D eigenvalue weighted by Gasteiger charge is 2.26. The van der Waals surface area contributed by atoms with Crippen LogP contribution in [-0.2, 0) is 21.4 Å². The zero-order chi connectivity index (χ0) is 20.4. The Balaban J connectivity index is 1.47. The number of fused-ring (bicyclic) bond motifs is 2. The first-order valence-electron chi connectivity index (χ1n) is 9.01. The maximum atomic E-state index is 12.6. The third-order valence-corrected chi connectivity index (χ3v) is 6.30. The molecule has 2 aliphatic rings. The zero-order valence-electron chi connectivity index (χ0n) is 15.7. The summed E-state index contributed by atoms with van der Waals surface area (Å²) in [6.07, 6.45) is 0. The molecule has 0 atom stereocenters. The van der Waals surface area contributed by atoms with Gasteiger partial charge in [0.2, 0.25) is 29.5 Å². The molecule has 154 valence electrons. The Bertz CT molecular complexity index is 1040. The molecule has 2 aromatic rings. The minimum atomic E-state index is -3.68. The van der Waals surface area contributed by atoms with Crippen molar-refractivity contribution in [1.82, 2.24) is 5.32 Å². The highest BCUT2D eigenvalue weighted by Crippen LogP contribution is 2.36. The van der Waals surface area contributed by atoms with E-state index in [1.54, 1.807) is 30.3 Å². The maximum absolute atomic E-state index is 12.6. The van der Waals surface area contributed by atoms with Gasteiger partial charge in [0.25, 0.3) is 0 Å². The van der Waals surface area contributed by atoms with Gasteiger partial charge >= 0.3 is 0 Å². The summed E-state index contributed by atoms with van der Waals surface area (Å²) in [5.41, 5.74) is 1.16. The molecule has 4 rings (SSSR count). The van der Waals surface area contributed by atoms with E-state index in [-0.39, 0.29) is 32.4 Å². The van der Waals surface area contributed by atoms with E-state index < -0.39 is 15.9 Å². The second-order valence-electron chi connectivity index (χ2n) is 6.41. The van der Waals surface area contributed by atoms with Crippen molar-refractivity contribution < 1.29 is 32.2 Å². The lowest BCUT2D eigenvalue weighted by Gasteiger charge is -2.23. The number of sulfonamides is 1. The van der Waals surface area contributed by atoms with Crippen LogP contribution in [0, 0.1) is 0 Å². The van der Waals surface area contributed by atoms with Crippen molar-refractivity contribution in [2.75, 3.05) is 30.2 Å². The van der Waals surface area contributed by atoms with Crippen molar-refractivity contribution in [1.29, 1.82) is 0 Å². The first kappa shape index (κ1) is 19.2. The molecule has 1 amide bonds. The first-order valence-corrected chi connectivity index (χ1v) is 10.6. The highest BCUT2D eigenvalue weighted by molar-refractivity contribution is 7.92. The molecule has 1 N–H and O–H groups in total. The van der Waals surface area contributed by atoms with E-state index in [1.165, 1.54) is 6.92 Å². The molecule has 0 aromatic heterocycles. The molecule has 2 aliphatic heterocycles. The van der Waals surface area contributed by atoms with Crippen LogP contribution in [-0.4, -0.2) is 40.2 Å². The summed E-state index contributed by atoms with van der Waals surface area (Å²) >= 11 is 0. The van der Waals surface area contributed by atoms with Gasteiger partial charge in [-0.1, -0.05) is 6.07 Å². The monoisotopic (exact) mass is 420 g/mol. The number of nitrogens with one attached hydrogen (secondary N) is 1. The van der Waals surface area contributed by atoms with Crippen LogP contribution in [0.5, 0.6) is 23.0 Å². The number of anilines is 1. The van der Waals surface area contributed by atoms with Crippen molar-refractivity contribution in [3.8, 4) is 23.0 Å². The fraction of sp³-hybridized carbons (Fsp3) is 0.316. The number of rotatable bonds is 7. The van der Waals surface area contributed by atoms with Gasteiger partial charge in [0, 0.05) is 12.6 Å². The molecular weight excluding hydrogens is 400 g/mol. The van der Waals surface area contributed by atoms with Gasteiger partial charge in [-0.3, -0.25) is 9.10 Å². The van der Waals surface area contributed by atoms with Gasteiger partial charge in [-0.25, -0.2) is 8.42 Å². The number of nitrogens with zero attached hydrogens (tertiary/aromatic N) is 1. The molecule has 0 saturated heterocycles. The van der Waals surface area contributed by atoms with Crippen molar-refractivity contribution in [2.24, 2.45) is 0 Å². The lowest BCUT2D eigenvalue weighted by Crippen LogP contribution is -2.41. The molecule has 2 heterocycles. The van der Waals surface area contributed by atoms with Gasteiger partial charge in [-0.15, -0.1) is 0 Å². The number of hydrogen-bond donors (Lipinski definition) is 1. The molecule has 0 radical (unpaired) electrons. The first-order chi connectivity index (χ1) is 14.0. The predicted octanol–water partition coefficient (Wildman–Crippen LogP) is 1.62. The average Bonchev–Trinajstić information content (AvgIpc) is 3.38. The normalized spacial score (nSPS) is 14.0. The second-order valence-corrected chi connectivity index (χ2v) is 8.59. The SMILES string of the molecule is CCS(=O)(=O)N(CC(=O)NCc1ccc2c(c1)OCO2)c1ccc2c(c1)OCO2. The van der Waals surface area contributed by atoms with Gasteiger partial charge in [-0.05, 0) is 36.8 Å². The molecule has 0 aliphatic carbocycles. The van der Waals surface area contributed by atoms with E-state index in [9.17, 15) is 13.2 Å². The molecule has 9 nitrogen and oxygen atoms in total. The molecule has 0 fully saturated rings. The van der Waals surface area contributed by atoms with Crippen LogP contribution >= 0.6 is 0 Å². The highest BCUT2D eigenvalue weighted by atomic mass is 32.2. The van der Waals surface area contributed by atoms with Gasteiger partial charge in [0.15, 0.2) is 23.0 Å². The minimum absolute atomic E-state index is 0.0787. The Morgan fingerprint density at radius 1 is 0.966 bits per heavy atom. The van der Waals surface area contributed by atoms with Crippen LogP contribution in [0.2, 0.25) is 0 Å². The Labute approximate surface area is 168 Å². The van der Waals surface area contributed by atoms with Crippen LogP contribution < -0.4 is 28.6 Å². The molecule has 2 aromatic carbocycles. The summed E-state index contributed by atoms with van der Waals surface area (Å²) < 4.78 is 47.4. The number of amides is 1. The standard InChI is InChI=1S/C19H20N2O7S/c1-2-29(23,24)21(14-4-6-16-18(8-14)28-12-26-16)10-19(22)20-9-13-3-5-15-17(7-13)27-11-25-15/h3-8H,2,9-12H2,1H3,(H,20,22). The van der Waals surface area contributed by atoms with Crippen molar-refractivity contribution >= 4 is 21.6 Å². The molecule has 0 spiro atoms. The maximum Gasteiger partial charge on any atom is 0.241 e. The summed E-state index contributed by atoms with van der Waals surface area (Å²) in [4.78, 5) is 12.5. The Morgan fingerprint density at radius 3 is 2.28 bits per heavy atom. The van der Waals surface area contributed by atoms with Gasteiger partial charge in [0.05, 0.1) is 11.4 Å².